The van der Waals surface area contributed by atoms with E-state index in [-0.39, 0.29) is 41.7 Å². The van der Waals surface area contributed by atoms with Gasteiger partial charge in [0, 0.05) is 24.5 Å². The molecule has 2 N–H and O–H groups in total. The number of halogens is 3. The van der Waals surface area contributed by atoms with Crippen molar-refractivity contribution in [2.24, 2.45) is 0 Å². The van der Waals surface area contributed by atoms with Crippen molar-refractivity contribution in [3.8, 4) is 5.75 Å². The second-order valence-corrected chi connectivity index (χ2v) is 9.02. The quantitative estimate of drug-likeness (QED) is 0.594. The summed E-state index contributed by atoms with van der Waals surface area (Å²) in [5.41, 5.74) is -1.02. The third-order valence-electron chi connectivity index (χ3n) is 4.77. The molecule has 0 bridgehead atoms. The molecule has 1 fully saturated rings. The van der Waals surface area contributed by atoms with Crippen LogP contribution in [0.1, 0.15) is 12.5 Å². The van der Waals surface area contributed by atoms with Crippen LogP contribution in [0.15, 0.2) is 47.4 Å². The molecule has 1 aliphatic rings. The molecule has 0 atom stereocenters. The molecular formula is C21H24F3N3O5S. The number of benzene rings is 2. The average molecular weight is 488 g/mol. The number of alkyl halides is 3. The maximum atomic E-state index is 13.4. The Morgan fingerprint density at radius 2 is 1.88 bits per heavy atom. The van der Waals surface area contributed by atoms with Crippen LogP contribution in [0, 0.1) is 0 Å². The zero-order valence-electron chi connectivity index (χ0n) is 17.8. The summed E-state index contributed by atoms with van der Waals surface area (Å²) in [6.45, 7) is 2.47. The number of hydrogen-bond donors (Lipinski definition) is 2. The number of morpholine rings is 1. The number of hydrogen-bond acceptors (Lipinski definition) is 6. The van der Waals surface area contributed by atoms with Gasteiger partial charge in [0.25, 0.3) is 0 Å². The Balaban J connectivity index is 1.68. The normalized spacial score (nSPS) is 15.2. The first-order valence-corrected chi connectivity index (χ1v) is 11.6. The van der Waals surface area contributed by atoms with E-state index in [1.54, 1.807) is 6.92 Å². The molecule has 0 aromatic heterocycles. The fourth-order valence-electron chi connectivity index (χ4n) is 3.22. The molecule has 12 heteroatoms. The van der Waals surface area contributed by atoms with Gasteiger partial charge in [-0.25, -0.2) is 8.42 Å². The second-order valence-electron chi connectivity index (χ2n) is 7.08. The molecule has 0 aliphatic carbocycles. The molecule has 2 aromatic carbocycles. The maximum absolute atomic E-state index is 13.4. The van der Waals surface area contributed by atoms with Crippen LogP contribution in [-0.2, 0) is 25.7 Å². The molecule has 0 spiro atoms. The number of sulfonamides is 1. The molecule has 0 saturated carbocycles. The van der Waals surface area contributed by atoms with E-state index in [1.807, 2.05) is 0 Å². The van der Waals surface area contributed by atoms with Crippen LogP contribution in [0.3, 0.4) is 0 Å². The molecule has 1 heterocycles. The first-order chi connectivity index (χ1) is 15.6. The average Bonchev–Trinajstić information content (AvgIpc) is 2.78. The lowest BCUT2D eigenvalue weighted by Gasteiger charge is -2.26. The number of anilines is 2. The van der Waals surface area contributed by atoms with E-state index in [1.165, 1.54) is 40.7 Å². The van der Waals surface area contributed by atoms with E-state index in [2.05, 4.69) is 10.6 Å². The molecule has 1 aliphatic heterocycles. The maximum Gasteiger partial charge on any atom is 0.418 e. The second kappa shape index (κ2) is 10.4. The fraction of sp³-hybridized carbons (Fsp3) is 0.381. The molecular weight excluding hydrogens is 463 g/mol. The van der Waals surface area contributed by atoms with Crippen LogP contribution >= 0.6 is 0 Å². The highest BCUT2D eigenvalue weighted by atomic mass is 32.2. The zero-order chi connectivity index (χ0) is 24.1. The van der Waals surface area contributed by atoms with Crippen molar-refractivity contribution in [1.82, 2.24) is 4.31 Å². The van der Waals surface area contributed by atoms with Crippen molar-refractivity contribution < 1.29 is 35.9 Å². The topological polar surface area (TPSA) is 97.0 Å². The third kappa shape index (κ3) is 6.36. The molecule has 180 valence electrons. The molecule has 1 saturated heterocycles. The van der Waals surface area contributed by atoms with Crippen molar-refractivity contribution in [2.75, 3.05) is 50.1 Å². The number of carbonyl (C=O) groups excluding carboxylic acids is 1. The summed E-state index contributed by atoms with van der Waals surface area (Å²) in [5.74, 6) is -0.573. The third-order valence-corrected chi connectivity index (χ3v) is 6.67. The van der Waals surface area contributed by atoms with Crippen molar-refractivity contribution in [1.29, 1.82) is 0 Å². The Labute approximate surface area is 189 Å². The van der Waals surface area contributed by atoms with Gasteiger partial charge in [-0.2, -0.15) is 17.5 Å². The van der Waals surface area contributed by atoms with E-state index >= 15 is 0 Å². The van der Waals surface area contributed by atoms with Crippen LogP contribution in [-0.4, -0.2) is 58.1 Å². The summed E-state index contributed by atoms with van der Waals surface area (Å²) < 4.78 is 77.3. The van der Waals surface area contributed by atoms with E-state index < -0.39 is 34.2 Å². The SMILES string of the molecule is CCOc1ccc(NCC(=O)Nc2cccc(S(=O)(=O)N3CCOCC3)c2)c(C(F)(F)F)c1. The van der Waals surface area contributed by atoms with Crippen LogP contribution in [0.25, 0.3) is 0 Å². The predicted octanol–water partition coefficient (Wildman–Crippen LogP) is 3.18. The molecule has 0 unspecified atom stereocenters. The molecule has 1 amide bonds. The van der Waals surface area contributed by atoms with Gasteiger partial charge in [0.05, 0.1) is 36.8 Å². The van der Waals surface area contributed by atoms with Gasteiger partial charge >= 0.3 is 6.18 Å². The van der Waals surface area contributed by atoms with E-state index in [4.69, 9.17) is 9.47 Å². The highest BCUT2D eigenvalue weighted by Gasteiger charge is 2.34. The lowest BCUT2D eigenvalue weighted by atomic mass is 10.1. The van der Waals surface area contributed by atoms with Gasteiger partial charge in [-0.1, -0.05) is 6.07 Å². The van der Waals surface area contributed by atoms with Gasteiger partial charge < -0.3 is 20.1 Å². The summed E-state index contributed by atoms with van der Waals surface area (Å²) in [6.07, 6.45) is -4.64. The van der Waals surface area contributed by atoms with Gasteiger partial charge in [0.1, 0.15) is 5.75 Å². The van der Waals surface area contributed by atoms with Crippen LogP contribution in [0.5, 0.6) is 5.75 Å². The summed E-state index contributed by atoms with van der Waals surface area (Å²) in [5, 5.41) is 4.98. The van der Waals surface area contributed by atoms with Crippen molar-refractivity contribution in [2.45, 2.75) is 18.0 Å². The summed E-state index contributed by atoms with van der Waals surface area (Å²) in [7, 11) is -3.76. The van der Waals surface area contributed by atoms with Crippen LogP contribution < -0.4 is 15.4 Å². The largest absolute Gasteiger partial charge is 0.494 e. The number of rotatable bonds is 8. The monoisotopic (exact) mass is 487 g/mol. The Morgan fingerprint density at radius 3 is 2.55 bits per heavy atom. The first kappa shape index (κ1) is 24.8. The molecule has 8 nitrogen and oxygen atoms in total. The Hall–Kier alpha value is -2.83. The molecule has 33 heavy (non-hydrogen) atoms. The number of nitrogens with zero attached hydrogens (tertiary/aromatic N) is 1. The molecule has 3 rings (SSSR count). The van der Waals surface area contributed by atoms with E-state index in [0.29, 0.717) is 13.2 Å². The number of amides is 1. The van der Waals surface area contributed by atoms with Gasteiger partial charge in [0.15, 0.2) is 0 Å². The minimum Gasteiger partial charge on any atom is -0.494 e. The van der Waals surface area contributed by atoms with Crippen molar-refractivity contribution in [3.63, 3.8) is 0 Å². The summed E-state index contributed by atoms with van der Waals surface area (Å²) >= 11 is 0. The Bertz CT molecular complexity index is 1090. The van der Waals surface area contributed by atoms with Gasteiger partial charge in [-0.05, 0) is 43.3 Å². The minimum absolute atomic E-state index is 0.000954. The standard InChI is InChI=1S/C21H24F3N3O5S/c1-2-32-16-6-7-19(18(13-16)21(22,23)24)25-14-20(28)26-15-4-3-5-17(12-15)33(29,30)27-8-10-31-11-9-27/h3-7,12-13,25H,2,8-11,14H2,1H3,(H,26,28). The lowest BCUT2D eigenvalue weighted by Crippen LogP contribution is -2.40. The Kier molecular flexibility index (Phi) is 7.82. The van der Waals surface area contributed by atoms with Crippen molar-refractivity contribution >= 4 is 27.3 Å². The van der Waals surface area contributed by atoms with Crippen molar-refractivity contribution in [3.05, 3.63) is 48.0 Å². The van der Waals surface area contributed by atoms with Gasteiger partial charge in [-0.15, -0.1) is 0 Å². The zero-order valence-corrected chi connectivity index (χ0v) is 18.6. The van der Waals surface area contributed by atoms with E-state index in [9.17, 15) is 26.4 Å². The van der Waals surface area contributed by atoms with Gasteiger partial charge in [-0.3, -0.25) is 4.79 Å². The smallest absolute Gasteiger partial charge is 0.418 e. The number of carbonyl (C=O) groups is 1. The highest BCUT2D eigenvalue weighted by molar-refractivity contribution is 7.89. The highest BCUT2D eigenvalue weighted by Crippen LogP contribution is 2.37. The minimum atomic E-state index is -4.64. The number of ether oxygens (including phenoxy) is 2. The van der Waals surface area contributed by atoms with Crippen LogP contribution in [0.4, 0.5) is 24.5 Å². The fourth-order valence-corrected chi connectivity index (χ4v) is 4.67. The number of nitrogens with one attached hydrogen (secondary N) is 2. The first-order valence-electron chi connectivity index (χ1n) is 10.2. The summed E-state index contributed by atoms with van der Waals surface area (Å²) in [4.78, 5) is 12.3. The lowest BCUT2D eigenvalue weighted by molar-refractivity contribution is -0.137. The molecule has 2 aromatic rings. The van der Waals surface area contributed by atoms with Crippen LogP contribution in [0.2, 0.25) is 0 Å². The Morgan fingerprint density at radius 1 is 1.15 bits per heavy atom. The van der Waals surface area contributed by atoms with Gasteiger partial charge in [0.2, 0.25) is 15.9 Å². The predicted molar refractivity (Wildman–Crippen MR) is 116 cm³/mol. The summed E-state index contributed by atoms with van der Waals surface area (Å²) in [6, 6.07) is 9.12. The molecule has 0 radical (unpaired) electrons. The van der Waals surface area contributed by atoms with E-state index in [0.717, 1.165) is 6.07 Å².